The molecule has 1 N–H and O–H groups in total. The molecule has 96 valence electrons. The van der Waals surface area contributed by atoms with Crippen LogP contribution in [0.1, 0.15) is 18.4 Å². The van der Waals surface area contributed by atoms with Gasteiger partial charge in [0.15, 0.2) is 0 Å². The highest BCUT2D eigenvalue weighted by Crippen LogP contribution is 2.51. The Morgan fingerprint density at radius 1 is 1.28 bits per heavy atom. The highest BCUT2D eigenvalue weighted by Gasteiger charge is 2.56. The summed E-state index contributed by atoms with van der Waals surface area (Å²) >= 11 is 5.84. The number of halogens is 3. The van der Waals surface area contributed by atoms with E-state index in [-0.39, 0.29) is 23.4 Å². The summed E-state index contributed by atoms with van der Waals surface area (Å²) in [5, 5.41) is 12.2. The van der Waals surface area contributed by atoms with Crippen molar-refractivity contribution in [3.63, 3.8) is 0 Å². The minimum Gasteiger partial charge on any atom is -0.317 e. The second-order valence-electron chi connectivity index (χ2n) is 4.50. The normalized spacial score (nSPS) is 19.2. The third-order valence-electron chi connectivity index (χ3n) is 3.48. The maximum atomic E-state index is 14.6. The van der Waals surface area contributed by atoms with Crippen LogP contribution in [0, 0.1) is 16.7 Å². The van der Waals surface area contributed by atoms with Crippen LogP contribution in [0.25, 0.3) is 0 Å². The highest BCUT2D eigenvalue weighted by atomic mass is 35.5. The lowest BCUT2D eigenvalue weighted by molar-refractivity contribution is -0.114. The topological polar surface area (TPSA) is 35.8 Å². The molecule has 1 aromatic carbocycles. The molecule has 5 heteroatoms. The van der Waals surface area contributed by atoms with Crippen LogP contribution in [-0.2, 0) is 5.92 Å². The monoisotopic (exact) mass is 270 g/mol. The summed E-state index contributed by atoms with van der Waals surface area (Å²) in [4.78, 5) is 0. The fourth-order valence-corrected chi connectivity index (χ4v) is 2.58. The van der Waals surface area contributed by atoms with Gasteiger partial charge >= 0.3 is 0 Å². The SMILES string of the molecule is N#CC1(C(F)(F)c2ccccc2Cl)CCNCC1. The smallest absolute Gasteiger partial charge is 0.293 e. The van der Waals surface area contributed by atoms with E-state index in [2.05, 4.69) is 5.32 Å². The summed E-state index contributed by atoms with van der Waals surface area (Å²) in [6.07, 6.45) is 0.253. The van der Waals surface area contributed by atoms with Crippen molar-refractivity contribution in [2.45, 2.75) is 18.8 Å². The molecule has 2 rings (SSSR count). The number of hydrogen-bond acceptors (Lipinski definition) is 2. The first kappa shape index (κ1) is 13.3. The first-order valence-corrected chi connectivity index (χ1v) is 6.16. The van der Waals surface area contributed by atoms with Gasteiger partial charge < -0.3 is 5.32 Å². The van der Waals surface area contributed by atoms with Gasteiger partial charge in [0.25, 0.3) is 5.92 Å². The summed E-state index contributed by atoms with van der Waals surface area (Å²) in [6, 6.07) is 7.67. The van der Waals surface area contributed by atoms with E-state index in [9.17, 15) is 14.0 Å². The largest absolute Gasteiger partial charge is 0.317 e. The highest BCUT2D eigenvalue weighted by molar-refractivity contribution is 6.31. The molecule has 0 aromatic heterocycles. The summed E-state index contributed by atoms with van der Waals surface area (Å²) in [5.41, 5.74) is -1.92. The van der Waals surface area contributed by atoms with Gasteiger partial charge in [-0.2, -0.15) is 14.0 Å². The second kappa shape index (κ2) is 4.83. The number of benzene rings is 1. The van der Waals surface area contributed by atoms with E-state index in [4.69, 9.17) is 11.6 Å². The van der Waals surface area contributed by atoms with E-state index in [1.54, 1.807) is 6.07 Å². The number of nitrogens with zero attached hydrogens (tertiary/aromatic N) is 1. The van der Waals surface area contributed by atoms with E-state index in [0.29, 0.717) is 13.1 Å². The van der Waals surface area contributed by atoms with Crippen LogP contribution in [0.5, 0.6) is 0 Å². The Kier molecular flexibility index (Phi) is 3.56. The quantitative estimate of drug-likeness (QED) is 0.895. The Hall–Kier alpha value is -1.18. The molecule has 0 unspecified atom stereocenters. The number of nitrogens with one attached hydrogen (secondary N) is 1. The zero-order valence-electron chi connectivity index (χ0n) is 9.72. The van der Waals surface area contributed by atoms with Gasteiger partial charge in [0.2, 0.25) is 0 Å². The van der Waals surface area contributed by atoms with Crippen LogP contribution >= 0.6 is 11.6 Å². The number of hydrogen-bond donors (Lipinski definition) is 1. The summed E-state index contributed by atoms with van der Waals surface area (Å²) < 4.78 is 29.2. The molecular formula is C13H13ClF2N2. The first-order chi connectivity index (χ1) is 8.53. The third-order valence-corrected chi connectivity index (χ3v) is 3.81. The van der Waals surface area contributed by atoms with Crippen LogP contribution < -0.4 is 5.32 Å². The van der Waals surface area contributed by atoms with E-state index < -0.39 is 11.3 Å². The Balaban J connectivity index is 2.47. The second-order valence-corrected chi connectivity index (χ2v) is 4.91. The van der Waals surface area contributed by atoms with E-state index in [1.165, 1.54) is 18.2 Å². The minimum atomic E-state index is -3.23. The molecule has 1 saturated heterocycles. The van der Waals surface area contributed by atoms with Gasteiger partial charge in [-0.05, 0) is 32.0 Å². The lowest BCUT2D eigenvalue weighted by Crippen LogP contribution is -2.46. The predicted octanol–water partition coefficient (Wildman–Crippen LogP) is 3.33. The van der Waals surface area contributed by atoms with Crippen molar-refractivity contribution in [3.05, 3.63) is 34.9 Å². The van der Waals surface area contributed by atoms with Gasteiger partial charge in [0.05, 0.1) is 6.07 Å². The van der Waals surface area contributed by atoms with Gasteiger partial charge in [0.1, 0.15) is 5.41 Å². The molecule has 18 heavy (non-hydrogen) atoms. The Morgan fingerprint density at radius 2 is 1.89 bits per heavy atom. The van der Waals surface area contributed by atoms with Crippen molar-refractivity contribution >= 4 is 11.6 Å². The molecule has 1 aliphatic heterocycles. The van der Waals surface area contributed by atoms with Crippen LogP contribution in [0.3, 0.4) is 0 Å². The molecule has 0 bridgehead atoms. The number of alkyl halides is 2. The molecule has 0 saturated carbocycles. The van der Waals surface area contributed by atoms with Gasteiger partial charge in [-0.3, -0.25) is 0 Å². The van der Waals surface area contributed by atoms with Crippen molar-refractivity contribution in [2.24, 2.45) is 5.41 Å². The van der Waals surface area contributed by atoms with Crippen LogP contribution in [0.2, 0.25) is 5.02 Å². The molecule has 0 radical (unpaired) electrons. The summed E-state index contributed by atoms with van der Waals surface area (Å²) in [7, 11) is 0. The molecule has 0 atom stereocenters. The minimum absolute atomic E-state index is 0.00987. The number of piperidine rings is 1. The Labute approximate surface area is 110 Å². The predicted molar refractivity (Wildman–Crippen MR) is 65.5 cm³/mol. The average molecular weight is 271 g/mol. The molecule has 1 fully saturated rings. The maximum Gasteiger partial charge on any atom is 0.293 e. The van der Waals surface area contributed by atoms with Crippen molar-refractivity contribution in [1.29, 1.82) is 5.26 Å². The van der Waals surface area contributed by atoms with Crippen LogP contribution in [-0.4, -0.2) is 13.1 Å². The van der Waals surface area contributed by atoms with Crippen molar-refractivity contribution in [2.75, 3.05) is 13.1 Å². The van der Waals surface area contributed by atoms with E-state index >= 15 is 0 Å². The van der Waals surface area contributed by atoms with Crippen molar-refractivity contribution in [1.82, 2.24) is 5.32 Å². The van der Waals surface area contributed by atoms with Crippen LogP contribution in [0.4, 0.5) is 8.78 Å². The summed E-state index contributed by atoms with van der Waals surface area (Å²) in [6.45, 7) is 0.848. The molecular weight excluding hydrogens is 258 g/mol. The Bertz CT molecular complexity index is 476. The lowest BCUT2D eigenvalue weighted by Gasteiger charge is -2.38. The molecule has 1 heterocycles. The summed E-state index contributed by atoms with van der Waals surface area (Å²) in [5.74, 6) is -3.23. The van der Waals surface area contributed by atoms with Gasteiger partial charge in [-0.15, -0.1) is 0 Å². The zero-order chi connectivity index (χ0) is 13.2. The molecule has 0 aliphatic carbocycles. The van der Waals surface area contributed by atoms with Crippen LogP contribution in [0.15, 0.2) is 24.3 Å². The van der Waals surface area contributed by atoms with Gasteiger partial charge in [-0.1, -0.05) is 29.8 Å². The Morgan fingerprint density at radius 3 is 2.44 bits per heavy atom. The fourth-order valence-electron chi connectivity index (χ4n) is 2.32. The molecule has 2 nitrogen and oxygen atoms in total. The maximum absolute atomic E-state index is 14.6. The fraction of sp³-hybridized carbons (Fsp3) is 0.462. The van der Waals surface area contributed by atoms with Crippen molar-refractivity contribution in [3.8, 4) is 6.07 Å². The van der Waals surface area contributed by atoms with Gasteiger partial charge in [-0.25, -0.2) is 0 Å². The van der Waals surface area contributed by atoms with E-state index in [0.717, 1.165) is 0 Å². The van der Waals surface area contributed by atoms with E-state index in [1.807, 2.05) is 6.07 Å². The molecule has 0 amide bonds. The van der Waals surface area contributed by atoms with Gasteiger partial charge in [0, 0.05) is 10.6 Å². The molecule has 0 spiro atoms. The standard InChI is InChI=1S/C13H13ClF2N2/c14-11-4-2-1-3-10(11)13(15,16)12(9-17)5-7-18-8-6-12/h1-4,18H,5-8H2. The number of rotatable bonds is 2. The number of nitriles is 1. The average Bonchev–Trinajstić information content (AvgIpc) is 2.39. The van der Waals surface area contributed by atoms with Crippen molar-refractivity contribution < 1.29 is 8.78 Å². The third kappa shape index (κ3) is 1.98. The molecule has 1 aromatic rings. The molecule has 1 aliphatic rings. The zero-order valence-corrected chi connectivity index (χ0v) is 10.5. The first-order valence-electron chi connectivity index (χ1n) is 5.78. The lowest BCUT2D eigenvalue weighted by atomic mass is 9.72.